The Hall–Kier alpha value is -6.35. The molecule has 2 aromatic heterocycles. The van der Waals surface area contributed by atoms with Crippen molar-refractivity contribution >= 4 is 11.0 Å². The minimum Gasteiger partial charge on any atom is -0.507 e. The summed E-state index contributed by atoms with van der Waals surface area (Å²) < 4.78 is 113. The average Bonchev–Trinajstić information content (AvgIpc) is 2.52. The minimum atomic E-state index is -3.82. The molecule has 0 aliphatic carbocycles. The average molecular weight is 1040 g/mol. The maximum absolute atomic E-state index is 11.6. The van der Waals surface area contributed by atoms with E-state index in [-0.39, 0.29) is 54.5 Å². The molecule has 0 bridgehead atoms. The van der Waals surface area contributed by atoms with Crippen LogP contribution in [0.2, 0.25) is 0 Å². The summed E-state index contributed by atoms with van der Waals surface area (Å²) in [6, 6.07) is 44.3. The number of imidazole rings is 1. The van der Waals surface area contributed by atoms with Gasteiger partial charge in [0.2, 0.25) is 0 Å². The molecule has 0 aliphatic heterocycles. The van der Waals surface area contributed by atoms with Crippen molar-refractivity contribution in [3.63, 3.8) is 0 Å². The molecule has 9 aromatic rings. The van der Waals surface area contributed by atoms with Gasteiger partial charge in [0.05, 0.1) is 27.8 Å². The molecule has 328 valence electrons. The first-order valence-corrected chi connectivity index (χ1v) is 21.2. The van der Waals surface area contributed by atoms with Gasteiger partial charge in [-0.15, -0.1) is 23.8 Å². The van der Waals surface area contributed by atoms with E-state index in [0.29, 0.717) is 33.6 Å². The Morgan fingerprint density at radius 1 is 0.538 bits per heavy atom. The number of nitrogens with zero attached hydrogens (tertiary/aromatic N) is 3. The second kappa shape index (κ2) is 17.6. The van der Waals surface area contributed by atoms with Crippen LogP contribution in [-0.4, -0.2) is 19.6 Å². The van der Waals surface area contributed by atoms with Crippen LogP contribution in [0.3, 0.4) is 0 Å². The van der Waals surface area contributed by atoms with Crippen molar-refractivity contribution in [1.82, 2.24) is 14.5 Å². The zero-order chi connectivity index (χ0) is 55.9. The van der Waals surface area contributed by atoms with Crippen molar-refractivity contribution in [2.24, 2.45) is 0 Å². The Labute approximate surface area is 417 Å². The number of pyridine rings is 1. The van der Waals surface area contributed by atoms with Crippen molar-refractivity contribution in [3.05, 3.63) is 193 Å². The predicted molar refractivity (Wildman–Crippen MR) is 268 cm³/mol. The first-order valence-electron chi connectivity index (χ1n) is 27.7. The predicted octanol–water partition coefficient (Wildman–Crippen LogP) is 15.8. The first-order chi connectivity index (χ1) is 36.0. The van der Waals surface area contributed by atoms with E-state index in [1.54, 1.807) is 12.1 Å². The van der Waals surface area contributed by atoms with Crippen LogP contribution in [0.1, 0.15) is 96.6 Å². The molecule has 2 heterocycles. The molecule has 0 saturated carbocycles. The Morgan fingerprint density at radius 3 is 1.89 bits per heavy atom. The van der Waals surface area contributed by atoms with Gasteiger partial charge in [0, 0.05) is 50.9 Å². The van der Waals surface area contributed by atoms with Gasteiger partial charge in [-0.3, -0.25) is 9.55 Å². The van der Waals surface area contributed by atoms with Crippen molar-refractivity contribution in [1.29, 1.82) is 0 Å². The van der Waals surface area contributed by atoms with Gasteiger partial charge in [-0.2, -0.15) is 0 Å². The van der Waals surface area contributed by atoms with E-state index in [9.17, 15) is 5.11 Å². The summed E-state index contributed by atoms with van der Waals surface area (Å²) in [6.45, 7) is 1.65. The molecule has 0 spiro atoms. The third-order valence-corrected chi connectivity index (χ3v) is 11.6. The standard InChI is InChI=1S/C60H56N3O.Pt/c1-58(2,3)46-26-22-40(23-27-46)42-32-33-61-52(37-42)45-35-43(39-16-11-10-12-17-39)34-44(36-45)49-19-15-20-54-56(49)62-57(50-18-13-14-21-55(50)64)63(54)53-31-30-48(60(7,8)9)38-51(53)41-24-28-47(29-25-41)59(4,5)6;/h10-35,37-38,64H,1-9H3;/q-1;/i1D3,2D3,3D3,22D,23D,26D,27D;. The maximum atomic E-state index is 11.6. The normalized spacial score (nSPS) is 15.5. The van der Waals surface area contributed by atoms with Gasteiger partial charge in [0.25, 0.3) is 0 Å². The Morgan fingerprint density at radius 2 is 1.20 bits per heavy atom. The molecule has 0 atom stereocenters. The number of fused-ring (bicyclic) bond motifs is 1. The number of para-hydroxylation sites is 2. The summed E-state index contributed by atoms with van der Waals surface area (Å²) in [5.41, 5.74) is 5.17. The van der Waals surface area contributed by atoms with Gasteiger partial charge >= 0.3 is 0 Å². The van der Waals surface area contributed by atoms with Crippen LogP contribution >= 0.6 is 0 Å². The second-order valence-electron chi connectivity index (χ2n) is 18.3. The van der Waals surface area contributed by atoms with E-state index in [2.05, 4.69) is 94.6 Å². The summed E-state index contributed by atoms with van der Waals surface area (Å²) in [5.74, 6) is 0.539. The molecule has 0 aliphatic rings. The summed E-state index contributed by atoms with van der Waals surface area (Å²) in [7, 11) is 0. The molecule has 1 N–H and O–H groups in total. The van der Waals surface area contributed by atoms with E-state index in [1.165, 1.54) is 23.9 Å². The molecule has 0 fully saturated rings. The fourth-order valence-electron chi connectivity index (χ4n) is 8.01. The molecule has 7 aromatic carbocycles. The summed E-state index contributed by atoms with van der Waals surface area (Å²) in [6.07, 6.45) is 1.41. The van der Waals surface area contributed by atoms with Gasteiger partial charge in [0.15, 0.2) is 0 Å². The van der Waals surface area contributed by atoms with Crippen LogP contribution in [0.5, 0.6) is 5.75 Å². The van der Waals surface area contributed by atoms with E-state index >= 15 is 0 Å². The van der Waals surface area contributed by atoms with Crippen LogP contribution in [-0.2, 0) is 37.3 Å². The number of phenolic OH excluding ortho intramolecular Hbond substituents is 1. The smallest absolute Gasteiger partial charge is 0.148 e. The van der Waals surface area contributed by atoms with Crippen LogP contribution in [0.4, 0.5) is 0 Å². The fourth-order valence-corrected chi connectivity index (χ4v) is 8.01. The van der Waals surface area contributed by atoms with Gasteiger partial charge < -0.3 is 5.11 Å². The quantitative estimate of drug-likeness (QED) is 0.162. The summed E-state index contributed by atoms with van der Waals surface area (Å²) in [5, 5.41) is 11.6. The molecular weight excluding hydrogens is 974 g/mol. The molecule has 0 amide bonds. The number of rotatable bonds is 7. The second-order valence-corrected chi connectivity index (χ2v) is 18.3. The maximum Gasteiger partial charge on any atom is 0.148 e. The number of benzene rings is 7. The van der Waals surface area contributed by atoms with Gasteiger partial charge in [-0.1, -0.05) is 194 Å². The van der Waals surface area contributed by atoms with Gasteiger partial charge in [0.1, 0.15) is 11.6 Å². The van der Waals surface area contributed by atoms with Crippen molar-refractivity contribution in [2.75, 3.05) is 0 Å². The molecule has 0 unspecified atom stereocenters. The fraction of sp³-hybridized carbons (Fsp3) is 0.200. The topological polar surface area (TPSA) is 50.9 Å². The monoisotopic (exact) mass is 1040 g/mol. The molecule has 9 rings (SSSR count). The van der Waals surface area contributed by atoms with Crippen molar-refractivity contribution in [2.45, 2.75) is 78.3 Å². The Bertz CT molecular complexity index is 3670. The number of hydrogen-bond acceptors (Lipinski definition) is 3. The van der Waals surface area contributed by atoms with Crippen LogP contribution in [0.25, 0.3) is 83.9 Å². The summed E-state index contributed by atoms with van der Waals surface area (Å²) >= 11 is 0. The minimum absolute atomic E-state index is 0. The number of aromatic nitrogens is 3. The third-order valence-electron chi connectivity index (χ3n) is 11.6. The Kier molecular flexibility index (Phi) is 8.51. The number of hydrogen-bond donors (Lipinski definition) is 1. The zero-order valence-electron chi connectivity index (χ0n) is 50.0. The Balaban J connectivity index is 0.00000803. The molecule has 0 radical (unpaired) electrons. The zero-order valence-corrected chi connectivity index (χ0v) is 39.2. The first kappa shape index (κ1) is 31.5. The van der Waals surface area contributed by atoms with Crippen molar-refractivity contribution in [3.8, 4) is 78.6 Å². The third kappa shape index (κ3) is 9.15. The van der Waals surface area contributed by atoms with Crippen molar-refractivity contribution < 1.29 is 44.0 Å². The molecule has 4 nitrogen and oxygen atoms in total. The SMILES string of the molecule is [2H]c1c([2H])c(C(C([2H])([2H])[2H])(C([2H])([2H])[2H])C([2H])([2H])[2H])c([2H])c([2H])c1-c1ccnc(-c2[c-]c(-c3cccc4c3nc(-c3ccccc3O)n4-c3ccc(C(C)(C)C)cc3-c3ccc(C(C)(C)C)cc3)cc(-c3ccccc3)c2)c1.[Pt]. The van der Waals surface area contributed by atoms with Crippen LogP contribution in [0.15, 0.2) is 170 Å². The van der Waals surface area contributed by atoms with Gasteiger partial charge in [-0.25, -0.2) is 4.98 Å². The molecule has 0 saturated heterocycles. The largest absolute Gasteiger partial charge is 0.507 e. The van der Waals surface area contributed by atoms with E-state index in [1.807, 2.05) is 72.8 Å². The molecular formula is C60H56N3OPt-. The van der Waals surface area contributed by atoms with Crippen LogP contribution < -0.4 is 0 Å². The van der Waals surface area contributed by atoms with E-state index in [4.69, 9.17) is 27.8 Å². The summed E-state index contributed by atoms with van der Waals surface area (Å²) in [4.78, 5) is 10.1. The number of phenols is 1. The molecule has 5 heteroatoms. The molecule has 65 heavy (non-hydrogen) atoms. The van der Waals surface area contributed by atoms with E-state index < -0.39 is 55.7 Å². The van der Waals surface area contributed by atoms with Gasteiger partial charge in [-0.05, 0) is 91.6 Å². The number of aromatic hydroxyl groups is 1. The van der Waals surface area contributed by atoms with Crippen LogP contribution in [0, 0.1) is 6.07 Å². The van der Waals surface area contributed by atoms with E-state index in [0.717, 1.165) is 39.0 Å².